The van der Waals surface area contributed by atoms with Gasteiger partial charge in [0.25, 0.3) is 11.8 Å². The number of carbonyl (C=O) groups is 3. The van der Waals surface area contributed by atoms with Gasteiger partial charge in [-0.15, -0.1) is 0 Å². The van der Waals surface area contributed by atoms with Gasteiger partial charge in [0, 0.05) is 10.6 Å². The summed E-state index contributed by atoms with van der Waals surface area (Å²) in [6, 6.07) is 18.2. The molecule has 2 N–H and O–H groups in total. The molecule has 0 aromatic heterocycles. The van der Waals surface area contributed by atoms with Crippen molar-refractivity contribution in [3.8, 4) is 11.5 Å². The molecule has 8 nitrogen and oxygen atoms in total. The highest BCUT2D eigenvalue weighted by Crippen LogP contribution is 2.29. The highest BCUT2D eigenvalue weighted by Gasteiger charge is 2.13. The maximum atomic E-state index is 12.4. The smallest absolute Gasteiger partial charge is 0.343 e. The molecule has 180 valence electrons. The molecule has 0 aliphatic heterocycles. The van der Waals surface area contributed by atoms with Crippen LogP contribution in [0.2, 0.25) is 5.02 Å². The predicted octanol–water partition coefficient (Wildman–Crippen LogP) is 4.15. The van der Waals surface area contributed by atoms with E-state index >= 15 is 0 Å². The van der Waals surface area contributed by atoms with E-state index in [1.54, 1.807) is 61.5 Å². The second-order valence-corrected chi connectivity index (χ2v) is 7.81. The largest absolute Gasteiger partial charge is 0.490 e. The van der Waals surface area contributed by atoms with Crippen LogP contribution in [0.1, 0.15) is 38.8 Å². The Morgan fingerprint density at radius 1 is 0.943 bits per heavy atom. The molecule has 3 rings (SSSR count). The third-order valence-electron chi connectivity index (χ3n) is 4.68. The Balaban J connectivity index is 1.56. The Morgan fingerprint density at radius 3 is 2.31 bits per heavy atom. The van der Waals surface area contributed by atoms with Crippen LogP contribution in [0.15, 0.2) is 71.8 Å². The second-order valence-electron chi connectivity index (χ2n) is 7.38. The number of rotatable bonds is 9. The minimum atomic E-state index is -0.552. The maximum Gasteiger partial charge on any atom is 0.343 e. The first kappa shape index (κ1) is 25.5. The van der Waals surface area contributed by atoms with Crippen molar-refractivity contribution >= 4 is 35.6 Å². The molecule has 0 atom stereocenters. The van der Waals surface area contributed by atoms with Crippen LogP contribution in [0.5, 0.6) is 11.5 Å². The van der Waals surface area contributed by atoms with Gasteiger partial charge in [0.15, 0.2) is 11.5 Å². The Bertz CT molecular complexity index is 1220. The molecule has 0 saturated carbocycles. The number of esters is 1. The van der Waals surface area contributed by atoms with Crippen LogP contribution >= 0.6 is 11.6 Å². The summed E-state index contributed by atoms with van der Waals surface area (Å²) in [5.74, 6) is -0.805. The van der Waals surface area contributed by atoms with E-state index in [-0.39, 0.29) is 18.2 Å². The van der Waals surface area contributed by atoms with E-state index in [1.807, 2.05) is 19.1 Å². The van der Waals surface area contributed by atoms with Crippen molar-refractivity contribution in [2.75, 3.05) is 13.2 Å². The number of halogens is 1. The van der Waals surface area contributed by atoms with Crippen LogP contribution in [-0.2, 0) is 4.79 Å². The predicted molar refractivity (Wildman–Crippen MR) is 133 cm³/mol. The van der Waals surface area contributed by atoms with Crippen molar-refractivity contribution in [3.05, 3.63) is 94.0 Å². The number of nitrogens with zero attached hydrogens (tertiary/aromatic N) is 1. The quantitative estimate of drug-likeness (QED) is 0.201. The fourth-order valence-electron chi connectivity index (χ4n) is 2.89. The molecule has 0 aliphatic carbocycles. The van der Waals surface area contributed by atoms with Gasteiger partial charge in [-0.2, -0.15) is 5.10 Å². The molecule has 2 amide bonds. The monoisotopic (exact) mass is 493 g/mol. The zero-order chi connectivity index (χ0) is 25.2. The van der Waals surface area contributed by atoms with E-state index in [0.29, 0.717) is 34.1 Å². The number of nitrogens with one attached hydrogen (secondary N) is 2. The molecule has 9 heteroatoms. The van der Waals surface area contributed by atoms with E-state index in [9.17, 15) is 14.4 Å². The number of hydrogen-bond donors (Lipinski definition) is 2. The maximum absolute atomic E-state index is 12.4. The Hall–Kier alpha value is -4.17. The van der Waals surface area contributed by atoms with Gasteiger partial charge in [-0.1, -0.05) is 29.3 Å². The van der Waals surface area contributed by atoms with E-state index in [0.717, 1.165) is 5.56 Å². The highest BCUT2D eigenvalue weighted by atomic mass is 35.5. The van der Waals surface area contributed by atoms with Crippen LogP contribution in [0.4, 0.5) is 0 Å². The Kier molecular flexibility index (Phi) is 8.97. The highest BCUT2D eigenvalue weighted by molar-refractivity contribution is 6.30. The number of benzene rings is 3. The van der Waals surface area contributed by atoms with E-state index in [4.69, 9.17) is 21.1 Å². The molecule has 0 spiro atoms. The molecular formula is C26H24ClN3O5. The Labute approximate surface area is 207 Å². The fraction of sp³-hybridized carbons (Fsp3) is 0.154. The van der Waals surface area contributed by atoms with Crippen molar-refractivity contribution < 1.29 is 23.9 Å². The van der Waals surface area contributed by atoms with E-state index in [1.165, 1.54) is 6.21 Å². The summed E-state index contributed by atoms with van der Waals surface area (Å²) in [4.78, 5) is 36.5. The summed E-state index contributed by atoms with van der Waals surface area (Å²) < 4.78 is 11.0. The topological polar surface area (TPSA) is 106 Å². The number of aryl methyl sites for hydroxylation is 1. The summed E-state index contributed by atoms with van der Waals surface area (Å²) in [5.41, 5.74) is 4.80. The average Bonchev–Trinajstić information content (AvgIpc) is 2.85. The lowest BCUT2D eigenvalue weighted by Gasteiger charge is -2.11. The molecule has 0 radical (unpaired) electrons. The minimum Gasteiger partial charge on any atom is -0.490 e. The molecular weight excluding hydrogens is 470 g/mol. The fourth-order valence-corrected chi connectivity index (χ4v) is 3.01. The van der Waals surface area contributed by atoms with Gasteiger partial charge >= 0.3 is 5.97 Å². The summed E-state index contributed by atoms with van der Waals surface area (Å²) in [6.07, 6.45) is 1.41. The summed E-state index contributed by atoms with van der Waals surface area (Å²) in [5, 5.41) is 6.95. The zero-order valence-electron chi connectivity index (χ0n) is 19.2. The van der Waals surface area contributed by atoms with Crippen LogP contribution in [-0.4, -0.2) is 37.1 Å². The molecule has 0 aliphatic rings. The van der Waals surface area contributed by atoms with Crippen molar-refractivity contribution in [2.45, 2.75) is 13.8 Å². The third-order valence-corrected chi connectivity index (χ3v) is 4.93. The molecule has 0 fully saturated rings. The molecule has 3 aromatic rings. The number of hydrogen-bond acceptors (Lipinski definition) is 6. The molecule has 0 heterocycles. The van der Waals surface area contributed by atoms with Crippen molar-refractivity contribution in [1.82, 2.24) is 10.7 Å². The zero-order valence-corrected chi connectivity index (χ0v) is 20.0. The van der Waals surface area contributed by atoms with Crippen LogP contribution in [0.3, 0.4) is 0 Å². The van der Waals surface area contributed by atoms with Gasteiger partial charge in [-0.05, 0) is 74.0 Å². The summed E-state index contributed by atoms with van der Waals surface area (Å²) in [7, 11) is 0. The number of carbonyl (C=O) groups excluding carboxylic acids is 3. The van der Waals surface area contributed by atoms with Crippen LogP contribution in [0.25, 0.3) is 0 Å². The third kappa shape index (κ3) is 7.68. The van der Waals surface area contributed by atoms with Gasteiger partial charge in [-0.25, -0.2) is 10.2 Å². The van der Waals surface area contributed by atoms with Crippen molar-refractivity contribution in [3.63, 3.8) is 0 Å². The molecule has 0 bridgehead atoms. The first-order valence-corrected chi connectivity index (χ1v) is 11.1. The minimum absolute atomic E-state index is 0.228. The van der Waals surface area contributed by atoms with Crippen LogP contribution in [0, 0.1) is 6.92 Å². The molecule has 3 aromatic carbocycles. The van der Waals surface area contributed by atoms with Crippen molar-refractivity contribution in [2.24, 2.45) is 5.10 Å². The molecule has 0 saturated heterocycles. The number of hydrazone groups is 1. The lowest BCUT2D eigenvalue weighted by atomic mass is 10.1. The first-order chi connectivity index (χ1) is 16.9. The number of ether oxygens (including phenoxy) is 2. The standard InChI is InChI=1S/C26H24ClN3O5/c1-3-34-23-14-18(6-13-22(23)35-26(33)20-9-11-21(27)12-10-20)15-29-30-24(31)16-28-25(32)19-7-4-17(2)5-8-19/h4-15H,3,16H2,1-2H3,(H,28,32)(H,30,31)/b29-15+. The van der Waals surface area contributed by atoms with Gasteiger partial charge < -0.3 is 14.8 Å². The van der Waals surface area contributed by atoms with Gasteiger partial charge in [0.1, 0.15) is 0 Å². The lowest BCUT2D eigenvalue weighted by molar-refractivity contribution is -0.120. The van der Waals surface area contributed by atoms with Crippen LogP contribution < -0.4 is 20.2 Å². The molecule has 35 heavy (non-hydrogen) atoms. The van der Waals surface area contributed by atoms with Gasteiger partial charge in [-0.3, -0.25) is 9.59 Å². The lowest BCUT2D eigenvalue weighted by Crippen LogP contribution is -2.34. The Morgan fingerprint density at radius 2 is 1.63 bits per heavy atom. The first-order valence-electron chi connectivity index (χ1n) is 10.8. The van der Waals surface area contributed by atoms with Gasteiger partial charge in [0.05, 0.1) is 24.9 Å². The second kappa shape index (κ2) is 12.3. The summed E-state index contributed by atoms with van der Waals surface area (Å²) >= 11 is 5.85. The summed E-state index contributed by atoms with van der Waals surface area (Å²) in [6.45, 7) is 3.85. The van der Waals surface area contributed by atoms with Crippen molar-refractivity contribution in [1.29, 1.82) is 0 Å². The normalized spacial score (nSPS) is 10.6. The van der Waals surface area contributed by atoms with Gasteiger partial charge in [0.2, 0.25) is 0 Å². The number of amides is 2. The van der Waals surface area contributed by atoms with E-state index in [2.05, 4.69) is 15.8 Å². The molecule has 0 unspecified atom stereocenters. The van der Waals surface area contributed by atoms with E-state index < -0.39 is 11.9 Å². The SMILES string of the molecule is CCOc1cc(/C=N/NC(=O)CNC(=O)c2ccc(C)cc2)ccc1OC(=O)c1ccc(Cl)cc1. The average molecular weight is 494 g/mol.